The lowest BCUT2D eigenvalue weighted by Gasteiger charge is -2.02. The van der Waals surface area contributed by atoms with Crippen molar-refractivity contribution >= 4 is 17.9 Å². The van der Waals surface area contributed by atoms with Crippen molar-refractivity contribution in [2.75, 3.05) is 6.67 Å². The van der Waals surface area contributed by atoms with Gasteiger partial charge in [0.15, 0.2) is 5.83 Å². The number of aliphatic imine (C=N–C) groups is 1. The van der Waals surface area contributed by atoms with Gasteiger partial charge in [-0.05, 0) is 29.7 Å². The summed E-state index contributed by atoms with van der Waals surface area (Å²) in [6.07, 6.45) is 6.19. The van der Waals surface area contributed by atoms with Gasteiger partial charge in [-0.3, -0.25) is 4.99 Å². The van der Waals surface area contributed by atoms with Gasteiger partial charge in [0.25, 0.3) is 0 Å². The molecule has 1 rings (SSSR count). The molecular formula is C17H17F2N. The maximum Gasteiger partial charge on any atom is 0.156 e. The first kappa shape index (κ1) is 15.8. The van der Waals surface area contributed by atoms with Gasteiger partial charge in [-0.15, -0.1) is 0 Å². The maximum atomic E-state index is 13.2. The third-order valence-electron chi connectivity index (χ3n) is 2.62. The minimum Gasteiger partial charge on any atom is -0.259 e. The van der Waals surface area contributed by atoms with Crippen molar-refractivity contribution in [3.8, 4) is 0 Å². The van der Waals surface area contributed by atoms with E-state index >= 15 is 0 Å². The molecule has 0 atom stereocenters. The summed E-state index contributed by atoms with van der Waals surface area (Å²) in [7, 11) is 0. The van der Waals surface area contributed by atoms with Gasteiger partial charge in [0, 0.05) is 6.21 Å². The Kier molecular flexibility index (Phi) is 6.30. The van der Waals surface area contributed by atoms with E-state index in [-0.39, 0.29) is 5.70 Å². The molecule has 0 aliphatic heterocycles. The van der Waals surface area contributed by atoms with Crippen molar-refractivity contribution in [2.24, 2.45) is 4.99 Å². The van der Waals surface area contributed by atoms with Crippen molar-refractivity contribution < 1.29 is 8.78 Å². The minimum absolute atomic E-state index is 0.0288. The summed E-state index contributed by atoms with van der Waals surface area (Å²) < 4.78 is 25.6. The van der Waals surface area contributed by atoms with E-state index in [9.17, 15) is 8.78 Å². The molecule has 0 aliphatic carbocycles. The summed E-state index contributed by atoms with van der Waals surface area (Å²) >= 11 is 0. The quantitative estimate of drug-likeness (QED) is 0.502. The molecule has 0 heterocycles. The second-order valence-electron chi connectivity index (χ2n) is 4.00. The molecule has 0 aliphatic rings. The summed E-state index contributed by atoms with van der Waals surface area (Å²) in [5.41, 5.74) is 2.56. The summed E-state index contributed by atoms with van der Waals surface area (Å²) in [6.45, 7) is 8.05. The van der Waals surface area contributed by atoms with E-state index in [1.165, 1.54) is 12.3 Å². The molecule has 0 N–H and O–H groups in total. The van der Waals surface area contributed by atoms with Crippen LogP contribution in [-0.2, 0) is 0 Å². The first-order valence-electron chi connectivity index (χ1n) is 6.15. The monoisotopic (exact) mass is 273 g/mol. The van der Waals surface area contributed by atoms with Crippen LogP contribution in [0.15, 0.2) is 66.1 Å². The van der Waals surface area contributed by atoms with E-state index in [0.29, 0.717) is 5.57 Å². The predicted octanol–water partition coefficient (Wildman–Crippen LogP) is 5.14. The largest absolute Gasteiger partial charge is 0.259 e. The molecule has 0 aromatic heterocycles. The van der Waals surface area contributed by atoms with Gasteiger partial charge < -0.3 is 0 Å². The van der Waals surface area contributed by atoms with Crippen LogP contribution in [0.1, 0.15) is 18.1 Å². The summed E-state index contributed by atoms with van der Waals surface area (Å²) in [6, 6.07) is 7.60. The Hall–Kier alpha value is -2.29. The van der Waals surface area contributed by atoms with Gasteiger partial charge >= 0.3 is 0 Å². The Labute approximate surface area is 118 Å². The van der Waals surface area contributed by atoms with Gasteiger partial charge in [-0.25, -0.2) is 8.78 Å². The van der Waals surface area contributed by atoms with Crippen molar-refractivity contribution in [1.82, 2.24) is 0 Å². The molecule has 0 bridgehead atoms. The van der Waals surface area contributed by atoms with Crippen LogP contribution in [0, 0.1) is 0 Å². The highest BCUT2D eigenvalue weighted by atomic mass is 19.2. The fourth-order valence-corrected chi connectivity index (χ4v) is 1.52. The highest BCUT2D eigenvalue weighted by Gasteiger charge is 2.01. The van der Waals surface area contributed by atoms with E-state index in [0.717, 1.165) is 11.1 Å². The zero-order chi connectivity index (χ0) is 15.0. The molecule has 0 saturated heterocycles. The molecule has 0 saturated carbocycles. The fraction of sp³-hybridized carbons (Fsp3) is 0.118. The van der Waals surface area contributed by atoms with Gasteiger partial charge in [0.2, 0.25) is 0 Å². The van der Waals surface area contributed by atoms with E-state index in [4.69, 9.17) is 0 Å². The molecule has 0 fully saturated rings. The number of hydrogen-bond acceptors (Lipinski definition) is 1. The molecule has 0 amide bonds. The number of hydrogen-bond donors (Lipinski definition) is 0. The topological polar surface area (TPSA) is 12.4 Å². The van der Waals surface area contributed by atoms with Crippen LogP contribution in [-0.4, -0.2) is 12.9 Å². The van der Waals surface area contributed by atoms with Gasteiger partial charge in [-0.2, -0.15) is 0 Å². The normalized spacial score (nSPS) is 12.8. The first-order chi connectivity index (χ1) is 9.62. The second kappa shape index (κ2) is 8.00. The van der Waals surface area contributed by atoms with Crippen LogP contribution in [0.4, 0.5) is 8.78 Å². The summed E-state index contributed by atoms with van der Waals surface area (Å²) in [5, 5.41) is 0. The average Bonchev–Trinajstić information content (AvgIpc) is 2.50. The van der Waals surface area contributed by atoms with Crippen LogP contribution in [0.5, 0.6) is 0 Å². The van der Waals surface area contributed by atoms with Crippen LogP contribution in [0.3, 0.4) is 0 Å². The number of rotatable bonds is 6. The zero-order valence-electron chi connectivity index (χ0n) is 11.4. The van der Waals surface area contributed by atoms with Crippen molar-refractivity contribution in [1.29, 1.82) is 0 Å². The van der Waals surface area contributed by atoms with Crippen LogP contribution >= 0.6 is 0 Å². The molecule has 0 unspecified atom stereocenters. The number of alkyl halides is 1. The maximum absolute atomic E-state index is 13.2. The number of benzene rings is 1. The predicted molar refractivity (Wildman–Crippen MR) is 83.0 cm³/mol. The van der Waals surface area contributed by atoms with E-state index in [1.807, 2.05) is 24.3 Å². The zero-order valence-corrected chi connectivity index (χ0v) is 11.4. The highest BCUT2D eigenvalue weighted by molar-refractivity contribution is 5.73. The molecule has 1 nitrogen and oxygen atoms in total. The van der Waals surface area contributed by atoms with Gasteiger partial charge in [0.1, 0.15) is 6.67 Å². The summed E-state index contributed by atoms with van der Waals surface area (Å²) in [4.78, 5) is 3.79. The minimum atomic E-state index is -1.17. The van der Waals surface area contributed by atoms with Gasteiger partial charge in [-0.1, -0.05) is 49.6 Å². The molecule has 1 aromatic rings. The van der Waals surface area contributed by atoms with Crippen LogP contribution < -0.4 is 0 Å². The summed E-state index contributed by atoms with van der Waals surface area (Å²) in [5.74, 6) is -0.894. The molecule has 20 heavy (non-hydrogen) atoms. The molecule has 3 heteroatoms. The average molecular weight is 273 g/mol. The molecule has 0 spiro atoms. The van der Waals surface area contributed by atoms with E-state index in [2.05, 4.69) is 18.2 Å². The Morgan fingerprint density at radius 3 is 2.40 bits per heavy atom. The second-order valence-corrected chi connectivity index (χ2v) is 4.00. The highest BCUT2D eigenvalue weighted by Crippen LogP contribution is 2.18. The Balaban J connectivity index is 2.92. The third kappa shape index (κ3) is 4.43. The lowest BCUT2D eigenvalue weighted by molar-refractivity contribution is 0.454. The van der Waals surface area contributed by atoms with Crippen LogP contribution in [0.2, 0.25) is 0 Å². The number of allylic oxidation sites excluding steroid dienone is 4. The van der Waals surface area contributed by atoms with Gasteiger partial charge in [0.05, 0.1) is 5.70 Å². The standard InChI is InChI=1S/C17H17F2N/c1-4-14-7-9-15(10-8-14)13(3)6-11-17(20-5-2)16(19)12-18/h4-11H,1,3,12H2,2H3/b11-6-,17-16?,20-5?. The third-order valence-corrected chi connectivity index (χ3v) is 2.62. The van der Waals surface area contributed by atoms with Crippen molar-refractivity contribution in [3.05, 3.63) is 72.2 Å². The smallest absolute Gasteiger partial charge is 0.156 e. The number of halogens is 2. The van der Waals surface area contributed by atoms with Crippen LogP contribution in [0.25, 0.3) is 11.6 Å². The Morgan fingerprint density at radius 1 is 1.25 bits per heavy atom. The molecule has 1 aromatic carbocycles. The Bertz CT molecular complexity index is 563. The first-order valence-corrected chi connectivity index (χ1v) is 6.15. The molecule has 0 radical (unpaired) electrons. The Morgan fingerprint density at radius 2 is 1.90 bits per heavy atom. The van der Waals surface area contributed by atoms with Crippen molar-refractivity contribution in [2.45, 2.75) is 6.92 Å². The van der Waals surface area contributed by atoms with Crippen molar-refractivity contribution in [3.63, 3.8) is 0 Å². The SMILES string of the molecule is C=Cc1ccc(C(=C)/C=C\C(N=CC)=C(F)CF)cc1. The van der Waals surface area contributed by atoms with E-state index in [1.54, 1.807) is 19.1 Å². The number of nitrogens with zero attached hydrogens (tertiary/aromatic N) is 1. The fourth-order valence-electron chi connectivity index (χ4n) is 1.52. The lowest BCUT2D eigenvalue weighted by atomic mass is 10.0. The molecule has 104 valence electrons. The lowest BCUT2D eigenvalue weighted by Crippen LogP contribution is -1.85. The van der Waals surface area contributed by atoms with E-state index < -0.39 is 12.5 Å². The molecular weight excluding hydrogens is 256 g/mol.